The quantitative estimate of drug-likeness (QED) is 0.566. The number of sulfonamides is 1. The third-order valence-corrected chi connectivity index (χ3v) is 3.28. The Kier molecular flexibility index (Phi) is 4.61. The Morgan fingerprint density at radius 3 is 2.94 bits per heavy atom. The zero-order valence-corrected chi connectivity index (χ0v) is 9.95. The van der Waals surface area contributed by atoms with E-state index in [9.17, 15) is 13.2 Å². The molecule has 8 nitrogen and oxygen atoms in total. The predicted octanol–water partition coefficient (Wildman–Crippen LogP) is -0.577. The van der Waals surface area contributed by atoms with Crippen LogP contribution in [0.2, 0.25) is 0 Å². The Hall–Kier alpha value is -1.45. The van der Waals surface area contributed by atoms with Crippen molar-refractivity contribution in [3.8, 4) is 0 Å². The minimum Gasteiger partial charge on any atom is -0.478 e. The van der Waals surface area contributed by atoms with E-state index in [1.807, 2.05) is 0 Å². The summed E-state index contributed by atoms with van der Waals surface area (Å²) in [6.07, 6.45) is 0.944. The minimum atomic E-state index is -3.90. The summed E-state index contributed by atoms with van der Waals surface area (Å²) >= 11 is 0. The van der Waals surface area contributed by atoms with Crippen LogP contribution in [0.25, 0.3) is 0 Å². The van der Waals surface area contributed by atoms with Gasteiger partial charge in [-0.3, -0.25) is 5.10 Å². The van der Waals surface area contributed by atoms with Gasteiger partial charge in [-0.2, -0.15) is 5.10 Å². The average molecular weight is 263 g/mol. The first-order valence-electron chi connectivity index (χ1n) is 4.83. The topological polar surface area (TPSA) is 121 Å². The van der Waals surface area contributed by atoms with Crippen molar-refractivity contribution in [2.75, 3.05) is 19.8 Å². The molecule has 0 bridgehead atoms. The van der Waals surface area contributed by atoms with Crippen molar-refractivity contribution in [1.82, 2.24) is 14.9 Å². The van der Waals surface area contributed by atoms with Crippen LogP contribution in [0.3, 0.4) is 0 Å². The number of hydrogen-bond donors (Lipinski definition) is 3. The van der Waals surface area contributed by atoms with Gasteiger partial charge in [0.1, 0.15) is 5.56 Å². The van der Waals surface area contributed by atoms with Crippen LogP contribution >= 0.6 is 0 Å². The summed E-state index contributed by atoms with van der Waals surface area (Å²) in [6, 6.07) is 0. The predicted molar refractivity (Wildman–Crippen MR) is 57.2 cm³/mol. The third kappa shape index (κ3) is 3.51. The number of carboxylic acids is 1. The van der Waals surface area contributed by atoms with Crippen molar-refractivity contribution in [1.29, 1.82) is 0 Å². The van der Waals surface area contributed by atoms with Gasteiger partial charge < -0.3 is 9.84 Å². The molecule has 96 valence electrons. The lowest BCUT2D eigenvalue weighted by molar-refractivity contribution is 0.0692. The summed E-state index contributed by atoms with van der Waals surface area (Å²) in [5.41, 5.74) is -0.395. The molecule has 1 aromatic rings. The van der Waals surface area contributed by atoms with Crippen LogP contribution in [-0.4, -0.2) is 49.4 Å². The number of nitrogens with one attached hydrogen (secondary N) is 2. The summed E-state index contributed by atoms with van der Waals surface area (Å²) in [5.74, 6) is -1.36. The van der Waals surface area contributed by atoms with Gasteiger partial charge >= 0.3 is 5.97 Å². The largest absolute Gasteiger partial charge is 0.478 e. The molecule has 0 aliphatic heterocycles. The van der Waals surface area contributed by atoms with Gasteiger partial charge in [-0.1, -0.05) is 0 Å². The summed E-state index contributed by atoms with van der Waals surface area (Å²) < 4.78 is 30.5. The number of aromatic amines is 1. The second kappa shape index (κ2) is 5.75. The van der Waals surface area contributed by atoms with E-state index < -0.39 is 26.6 Å². The third-order valence-electron chi connectivity index (χ3n) is 1.85. The van der Waals surface area contributed by atoms with Crippen molar-refractivity contribution in [2.24, 2.45) is 0 Å². The number of aromatic nitrogens is 2. The maximum atomic E-state index is 11.7. The van der Waals surface area contributed by atoms with Gasteiger partial charge in [0.05, 0.1) is 12.8 Å². The lowest BCUT2D eigenvalue weighted by Crippen LogP contribution is -2.29. The van der Waals surface area contributed by atoms with Gasteiger partial charge in [0.25, 0.3) is 10.0 Å². The van der Waals surface area contributed by atoms with E-state index in [1.54, 1.807) is 6.92 Å². The van der Waals surface area contributed by atoms with Crippen molar-refractivity contribution < 1.29 is 23.1 Å². The van der Waals surface area contributed by atoms with Crippen LogP contribution in [0, 0.1) is 0 Å². The minimum absolute atomic E-state index is 0.0637. The molecule has 0 saturated carbocycles. The molecule has 0 spiro atoms. The molecular weight excluding hydrogens is 250 g/mol. The van der Waals surface area contributed by atoms with E-state index in [-0.39, 0.29) is 13.2 Å². The molecular formula is C8H13N3O5S. The zero-order chi connectivity index (χ0) is 12.9. The van der Waals surface area contributed by atoms with Gasteiger partial charge in [0, 0.05) is 13.2 Å². The molecule has 17 heavy (non-hydrogen) atoms. The van der Waals surface area contributed by atoms with Crippen LogP contribution in [0.1, 0.15) is 17.3 Å². The maximum absolute atomic E-state index is 11.7. The Morgan fingerprint density at radius 2 is 2.35 bits per heavy atom. The van der Waals surface area contributed by atoms with Crippen LogP contribution in [0.5, 0.6) is 0 Å². The van der Waals surface area contributed by atoms with Crippen LogP contribution in [-0.2, 0) is 14.8 Å². The van der Waals surface area contributed by atoms with Crippen molar-refractivity contribution >= 4 is 16.0 Å². The average Bonchev–Trinajstić information content (AvgIpc) is 2.74. The number of carboxylic acid groups (broad SMARTS) is 1. The summed E-state index contributed by atoms with van der Waals surface area (Å²) in [5, 5.41) is 13.8. The first-order valence-corrected chi connectivity index (χ1v) is 6.31. The first kappa shape index (κ1) is 13.6. The normalized spacial score (nSPS) is 11.6. The molecule has 0 aliphatic carbocycles. The maximum Gasteiger partial charge on any atom is 0.340 e. The summed E-state index contributed by atoms with van der Waals surface area (Å²) in [6.45, 7) is 2.54. The second-order valence-electron chi connectivity index (χ2n) is 3.01. The molecule has 1 aromatic heterocycles. The monoisotopic (exact) mass is 263 g/mol. The molecule has 0 unspecified atom stereocenters. The smallest absolute Gasteiger partial charge is 0.340 e. The lowest BCUT2D eigenvalue weighted by Gasteiger charge is -2.05. The van der Waals surface area contributed by atoms with Crippen LogP contribution in [0.4, 0.5) is 0 Å². The second-order valence-corrected chi connectivity index (χ2v) is 4.72. The first-order chi connectivity index (χ1) is 7.99. The Balaban J connectivity index is 2.76. The molecule has 3 N–H and O–H groups in total. The molecule has 0 amide bonds. The van der Waals surface area contributed by atoms with Gasteiger partial charge in [-0.05, 0) is 6.92 Å². The highest BCUT2D eigenvalue weighted by atomic mass is 32.2. The molecule has 0 saturated heterocycles. The van der Waals surface area contributed by atoms with Crippen molar-refractivity contribution in [2.45, 2.75) is 11.9 Å². The number of ether oxygens (including phenoxy) is 1. The molecule has 0 aromatic carbocycles. The highest BCUT2D eigenvalue weighted by Crippen LogP contribution is 2.10. The summed E-state index contributed by atoms with van der Waals surface area (Å²) in [7, 11) is -3.90. The highest BCUT2D eigenvalue weighted by Gasteiger charge is 2.24. The zero-order valence-electron chi connectivity index (χ0n) is 9.13. The molecule has 0 radical (unpaired) electrons. The van der Waals surface area contributed by atoms with Crippen LogP contribution in [0.15, 0.2) is 11.2 Å². The van der Waals surface area contributed by atoms with Gasteiger partial charge in [-0.15, -0.1) is 0 Å². The molecule has 1 heterocycles. The Bertz CT molecular complexity index is 481. The van der Waals surface area contributed by atoms with E-state index in [0.717, 1.165) is 6.20 Å². The van der Waals surface area contributed by atoms with Gasteiger partial charge in [-0.25, -0.2) is 17.9 Å². The van der Waals surface area contributed by atoms with Gasteiger partial charge in [0.15, 0.2) is 5.03 Å². The van der Waals surface area contributed by atoms with Crippen molar-refractivity contribution in [3.05, 3.63) is 11.8 Å². The molecule has 0 fully saturated rings. The van der Waals surface area contributed by atoms with Gasteiger partial charge in [0.2, 0.25) is 0 Å². The number of H-pyrrole nitrogens is 1. The molecule has 9 heteroatoms. The van der Waals surface area contributed by atoms with E-state index in [4.69, 9.17) is 9.84 Å². The summed E-state index contributed by atoms with van der Waals surface area (Å²) in [4.78, 5) is 10.7. The Labute approximate surface area is 98.0 Å². The van der Waals surface area contributed by atoms with E-state index in [1.165, 1.54) is 0 Å². The number of aromatic carboxylic acids is 1. The lowest BCUT2D eigenvalue weighted by atomic mass is 10.4. The fourth-order valence-corrected chi connectivity index (χ4v) is 2.20. The fraction of sp³-hybridized carbons (Fsp3) is 0.500. The van der Waals surface area contributed by atoms with E-state index in [2.05, 4.69) is 14.9 Å². The van der Waals surface area contributed by atoms with Crippen LogP contribution < -0.4 is 4.72 Å². The van der Waals surface area contributed by atoms with E-state index in [0.29, 0.717) is 6.61 Å². The van der Waals surface area contributed by atoms with E-state index >= 15 is 0 Å². The number of hydrogen-bond acceptors (Lipinski definition) is 5. The number of nitrogens with zero attached hydrogens (tertiary/aromatic N) is 1. The molecule has 0 aliphatic rings. The standard InChI is InChI=1S/C8H13N3O5S/c1-2-16-4-3-10-17(14,15)7-6(8(12)13)5-9-11-7/h5,10H,2-4H2,1H3,(H,9,11)(H,12,13). The fourth-order valence-electron chi connectivity index (χ4n) is 1.10. The number of rotatable bonds is 7. The molecule has 0 atom stereocenters. The highest BCUT2D eigenvalue weighted by molar-refractivity contribution is 7.89. The SMILES string of the molecule is CCOCCNS(=O)(=O)c1[nH]ncc1C(=O)O. The van der Waals surface area contributed by atoms with Crippen molar-refractivity contribution in [3.63, 3.8) is 0 Å². The Morgan fingerprint density at radius 1 is 1.65 bits per heavy atom. The molecule has 1 rings (SSSR count). The number of carbonyl (C=O) groups is 1.